The molecule has 2 atom stereocenters. The summed E-state index contributed by atoms with van der Waals surface area (Å²) in [7, 11) is 1.65. The Morgan fingerprint density at radius 1 is 1.28 bits per heavy atom. The van der Waals surface area contributed by atoms with Crippen molar-refractivity contribution in [2.45, 2.75) is 33.2 Å². The molecule has 1 amide bonds. The summed E-state index contributed by atoms with van der Waals surface area (Å²) in [5, 5.41) is 0. The quantitative estimate of drug-likeness (QED) is 0.765. The standard InChI is InChI=1S/C15H21NO2/c1-5-13-14(10(2)3)16(15(13)17)11-6-8-12(18-4)9-7-11/h6-10,13-14H,5H2,1-4H3/t13-,14-/m1/s1. The van der Waals surface area contributed by atoms with Crippen molar-refractivity contribution in [1.82, 2.24) is 0 Å². The first-order valence-corrected chi connectivity index (χ1v) is 6.57. The summed E-state index contributed by atoms with van der Waals surface area (Å²) in [6, 6.07) is 8.05. The first-order valence-electron chi connectivity index (χ1n) is 6.57. The highest BCUT2D eigenvalue weighted by Gasteiger charge is 2.47. The molecule has 18 heavy (non-hydrogen) atoms. The molecule has 2 rings (SSSR count). The molecule has 1 fully saturated rings. The largest absolute Gasteiger partial charge is 0.497 e. The van der Waals surface area contributed by atoms with Gasteiger partial charge in [0.2, 0.25) is 5.91 Å². The monoisotopic (exact) mass is 247 g/mol. The van der Waals surface area contributed by atoms with Crippen molar-refractivity contribution in [3.8, 4) is 5.75 Å². The summed E-state index contributed by atoms with van der Waals surface area (Å²) in [5.74, 6) is 1.74. The number of carbonyl (C=O) groups excluding carboxylic acids is 1. The van der Waals surface area contributed by atoms with Crippen LogP contribution >= 0.6 is 0 Å². The van der Waals surface area contributed by atoms with Crippen LogP contribution in [0, 0.1) is 11.8 Å². The molecule has 0 unspecified atom stereocenters. The van der Waals surface area contributed by atoms with Gasteiger partial charge in [0.05, 0.1) is 19.1 Å². The number of amides is 1. The molecule has 1 aliphatic heterocycles. The zero-order valence-electron chi connectivity index (χ0n) is 11.5. The third-order valence-electron chi connectivity index (χ3n) is 3.74. The number of benzene rings is 1. The van der Waals surface area contributed by atoms with Crippen molar-refractivity contribution in [2.24, 2.45) is 11.8 Å². The fourth-order valence-electron chi connectivity index (χ4n) is 2.79. The Hall–Kier alpha value is -1.51. The second kappa shape index (κ2) is 5.01. The maximum atomic E-state index is 12.2. The molecule has 3 heteroatoms. The topological polar surface area (TPSA) is 29.5 Å². The number of ether oxygens (including phenoxy) is 1. The average molecular weight is 247 g/mol. The van der Waals surface area contributed by atoms with E-state index in [9.17, 15) is 4.79 Å². The molecule has 0 N–H and O–H groups in total. The smallest absolute Gasteiger partial charge is 0.232 e. The fourth-order valence-corrected chi connectivity index (χ4v) is 2.79. The first-order chi connectivity index (χ1) is 8.60. The molecule has 98 valence electrons. The van der Waals surface area contributed by atoms with Crippen LogP contribution in [0.2, 0.25) is 0 Å². The van der Waals surface area contributed by atoms with E-state index >= 15 is 0 Å². The Labute approximate surface area is 109 Å². The Morgan fingerprint density at radius 3 is 2.33 bits per heavy atom. The van der Waals surface area contributed by atoms with Crippen LogP contribution in [0.15, 0.2) is 24.3 Å². The minimum atomic E-state index is 0.187. The van der Waals surface area contributed by atoms with Gasteiger partial charge in [-0.05, 0) is 36.6 Å². The maximum absolute atomic E-state index is 12.2. The molecule has 0 spiro atoms. The van der Waals surface area contributed by atoms with Gasteiger partial charge in [0.25, 0.3) is 0 Å². The molecule has 0 aliphatic carbocycles. The molecule has 1 aliphatic rings. The van der Waals surface area contributed by atoms with Crippen LogP contribution in [-0.4, -0.2) is 19.1 Å². The van der Waals surface area contributed by atoms with Gasteiger partial charge >= 0.3 is 0 Å². The van der Waals surface area contributed by atoms with Gasteiger partial charge in [-0.3, -0.25) is 4.79 Å². The van der Waals surface area contributed by atoms with Crippen LogP contribution in [-0.2, 0) is 4.79 Å². The highest BCUT2D eigenvalue weighted by atomic mass is 16.5. The van der Waals surface area contributed by atoms with Crippen LogP contribution < -0.4 is 9.64 Å². The van der Waals surface area contributed by atoms with Gasteiger partial charge in [-0.2, -0.15) is 0 Å². The molecular weight excluding hydrogens is 226 g/mol. The molecule has 1 aromatic carbocycles. The van der Waals surface area contributed by atoms with Crippen molar-refractivity contribution >= 4 is 11.6 Å². The van der Waals surface area contributed by atoms with Crippen molar-refractivity contribution in [3.05, 3.63) is 24.3 Å². The van der Waals surface area contributed by atoms with Crippen molar-refractivity contribution in [2.75, 3.05) is 12.0 Å². The normalized spacial score (nSPS) is 23.2. The van der Waals surface area contributed by atoms with E-state index in [0.717, 1.165) is 17.9 Å². The average Bonchev–Trinajstić information content (AvgIpc) is 2.36. The van der Waals surface area contributed by atoms with E-state index in [1.165, 1.54) is 0 Å². The predicted octanol–water partition coefficient (Wildman–Crippen LogP) is 3.09. The number of nitrogens with zero attached hydrogens (tertiary/aromatic N) is 1. The van der Waals surface area contributed by atoms with Crippen LogP contribution in [0.5, 0.6) is 5.75 Å². The SMILES string of the molecule is CC[C@H]1C(=O)N(c2ccc(OC)cc2)[C@@H]1C(C)C. The first kappa shape index (κ1) is 12.9. The van der Waals surface area contributed by atoms with Gasteiger partial charge in [0, 0.05) is 5.69 Å². The number of rotatable bonds is 4. The Kier molecular flexibility index (Phi) is 3.60. The third-order valence-corrected chi connectivity index (χ3v) is 3.74. The van der Waals surface area contributed by atoms with E-state index < -0.39 is 0 Å². The number of anilines is 1. The molecule has 0 radical (unpaired) electrons. The number of methoxy groups -OCH3 is 1. The maximum Gasteiger partial charge on any atom is 0.232 e. The molecule has 0 aromatic heterocycles. The van der Waals surface area contributed by atoms with Gasteiger partial charge in [0.1, 0.15) is 5.75 Å². The molecule has 3 nitrogen and oxygen atoms in total. The van der Waals surface area contributed by atoms with Gasteiger partial charge in [-0.1, -0.05) is 20.8 Å². The van der Waals surface area contributed by atoms with Gasteiger partial charge in [-0.15, -0.1) is 0 Å². The summed E-state index contributed by atoms with van der Waals surface area (Å²) in [5.41, 5.74) is 0.976. The van der Waals surface area contributed by atoms with Crippen molar-refractivity contribution < 1.29 is 9.53 Å². The Balaban J connectivity index is 2.23. The highest BCUT2D eigenvalue weighted by Crippen LogP contribution is 2.38. The number of hydrogen-bond donors (Lipinski definition) is 0. The van der Waals surface area contributed by atoms with Gasteiger partial charge < -0.3 is 9.64 Å². The number of hydrogen-bond acceptors (Lipinski definition) is 2. The molecule has 0 saturated carbocycles. The minimum absolute atomic E-state index is 0.187. The summed E-state index contributed by atoms with van der Waals surface area (Å²) in [6.07, 6.45) is 0.925. The van der Waals surface area contributed by atoms with E-state index in [4.69, 9.17) is 4.74 Å². The summed E-state index contributed by atoms with van der Waals surface area (Å²) < 4.78 is 5.14. The summed E-state index contributed by atoms with van der Waals surface area (Å²) in [4.78, 5) is 14.1. The van der Waals surface area contributed by atoms with Crippen molar-refractivity contribution in [1.29, 1.82) is 0 Å². The van der Waals surface area contributed by atoms with E-state index in [-0.39, 0.29) is 11.8 Å². The lowest BCUT2D eigenvalue weighted by molar-refractivity contribution is -0.131. The minimum Gasteiger partial charge on any atom is -0.497 e. The van der Waals surface area contributed by atoms with Gasteiger partial charge in [-0.25, -0.2) is 0 Å². The summed E-state index contributed by atoms with van der Waals surface area (Å²) in [6.45, 7) is 6.44. The van der Waals surface area contributed by atoms with Crippen LogP contribution in [0.1, 0.15) is 27.2 Å². The van der Waals surface area contributed by atoms with Crippen LogP contribution in [0.3, 0.4) is 0 Å². The van der Waals surface area contributed by atoms with E-state index in [2.05, 4.69) is 20.8 Å². The van der Waals surface area contributed by atoms with E-state index in [1.807, 2.05) is 29.2 Å². The Morgan fingerprint density at radius 2 is 1.89 bits per heavy atom. The molecule has 0 bridgehead atoms. The number of β-lactam (4-membered cyclic amide) rings is 1. The zero-order valence-corrected chi connectivity index (χ0v) is 11.5. The highest BCUT2D eigenvalue weighted by molar-refractivity contribution is 6.03. The van der Waals surface area contributed by atoms with E-state index in [0.29, 0.717) is 12.0 Å². The van der Waals surface area contributed by atoms with Crippen LogP contribution in [0.4, 0.5) is 5.69 Å². The zero-order chi connectivity index (χ0) is 13.3. The lowest BCUT2D eigenvalue weighted by atomic mass is 9.78. The van der Waals surface area contributed by atoms with Crippen molar-refractivity contribution in [3.63, 3.8) is 0 Å². The third kappa shape index (κ3) is 1.98. The molecular formula is C15H21NO2. The van der Waals surface area contributed by atoms with Gasteiger partial charge in [0.15, 0.2) is 0 Å². The fraction of sp³-hybridized carbons (Fsp3) is 0.533. The summed E-state index contributed by atoms with van der Waals surface area (Å²) >= 11 is 0. The molecule has 1 heterocycles. The molecule has 1 saturated heterocycles. The number of carbonyl (C=O) groups is 1. The lowest BCUT2D eigenvalue weighted by Gasteiger charge is -2.49. The predicted molar refractivity (Wildman–Crippen MR) is 72.9 cm³/mol. The second-order valence-electron chi connectivity index (χ2n) is 5.16. The lowest BCUT2D eigenvalue weighted by Crippen LogP contribution is -2.63. The van der Waals surface area contributed by atoms with Crippen LogP contribution in [0.25, 0.3) is 0 Å². The molecule has 1 aromatic rings. The van der Waals surface area contributed by atoms with E-state index in [1.54, 1.807) is 7.11 Å². The Bertz CT molecular complexity index is 425. The second-order valence-corrected chi connectivity index (χ2v) is 5.16.